The van der Waals surface area contributed by atoms with E-state index in [1.165, 1.54) is 11.0 Å². The maximum atomic E-state index is 5.88. The molecule has 0 aliphatic heterocycles. The lowest BCUT2D eigenvalue weighted by Crippen LogP contribution is -2.10. The first kappa shape index (κ1) is 13.5. The smallest absolute Gasteiger partial charge is 0.254 e. The highest BCUT2D eigenvalue weighted by atomic mass is 15.3. The van der Waals surface area contributed by atoms with Gasteiger partial charge in [0.15, 0.2) is 0 Å². The van der Waals surface area contributed by atoms with Crippen LogP contribution < -0.4 is 11.5 Å². The Hall–Kier alpha value is -3.47. The van der Waals surface area contributed by atoms with E-state index >= 15 is 0 Å². The number of nitrogen functional groups attached to an aromatic ring is 2. The van der Waals surface area contributed by atoms with E-state index in [-0.39, 0.29) is 24.0 Å². The first-order valence-electron chi connectivity index (χ1n) is 6.36. The Morgan fingerprint density at radius 1 is 1.23 bits per heavy atom. The van der Waals surface area contributed by atoms with Crippen molar-refractivity contribution in [1.29, 1.82) is 0 Å². The van der Waals surface area contributed by atoms with Crippen molar-refractivity contribution in [1.82, 2.24) is 29.7 Å². The van der Waals surface area contributed by atoms with Crippen LogP contribution >= 0.6 is 0 Å². The Balaban J connectivity index is 1.99. The van der Waals surface area contributed by atoms with Gasteiger partial charge in [0, 0.05) is 29.9 Å². The second-order valence-corrected chi connectivity index (χ2v) is 4.42. The highest BCUT2D eigenvalue weighted by molar-refractivity contribution is 5.58. The van der Waals surface area contributed by atoms with Crippen molar-refractivity contribution in [2.24, 2.45) is 0 Å². The molecule has 0 aliphatic carbocycles. The van der Waals surface area contributed by atoms with Gasteiger partial charge in [0.1, 0.15) is 18.0 Å². The van der Waals surface area contributed by atoms with Crippen molar-refractivity contribution in [3.63, 3.8) is 0 Å². The Morgan fingerprint density at radius 3 is 2.64 bits per heavy atom. The molecule has 3 heterocycles. The fourth-order valence-electron chi connectivity index (χ4n) is 1.92. The van der Waals surface area contributed by atoms with Gasteiger partial charge < -0.3 is 11.5 Å². The summed E-state index contributed by atoms with van der Waals surface area (Å²) in [6.07, 6.45) is 12.0. The van der Waals surface area contributed by atoms with Crippen LogP contribution in [0.3, 0.4) is 0 Å². The lowest BCUT2D eigenvalue weighted by atomic mass is 10.2. The number of hydrogen-bond acceptors (Lipinski definition) is 7. The molecule has 0 saturated heterocycles. The topological polar surface area (TPSA) is 121 Å². The van der Waals surface area contributed by atoms with Gasteiger partial charge in [-0.05, 0) is 6.07 Å². The molecule has 0 radical (unpaired) electrons. The van der Waals surface area contributed by atoms with Crippen LogP contribution in [0.25, 0.3) is 17.2 Å². The molecule has 0 unspecified atom stereocenters. The molecular formula is C14H12N8. The quantitative estimate of drug-likeness (QED) is 0.672. The number of anilines is 2. The summed E-state index contributed by atoms with van der Waals surface area (Å²) in [7, 11) is 0. The minimum atomic E-state index is 0.250. The molecule has 8 heteroatoms. The molecule has 0 amide bonds. The normalized spacial score (nSPS) is 10.3. The van der Waals surface area contributed by atoms with Crippen molar-refractivity contribution in [2.45, 2.75) is 6.42 Å². The van der Waals surface area contributed by atoms with Crippen molar-refractivity contribution >= 4 is 11.6 Å². The van der Waals surface area contributed by atoms with Crippen molar-refractivity contribution in [3.8, 4) is 29.5 Å². The Bertz CT molecular complexity index is 824. The van der Waals surface area contributed by atoms with Gasteiger partial charge in [0.25, 0.3) is 5.95 Å². The largest absolute Gasteiger partial charge is 0.383 e. The first-order valence-corrected chi connectivity index (χ1v) is 6.36. The third-order valence-electron chi connectivity index (χ3n) is 3.00. The Morgan fingerprint density at radius 2 is 2.00 bits per heavy atom. The minimum Gasteiger partial charge on any atom is -0.383 e. The molecule has 108 valence electrons. The summed E-state index contributed by atoms with van der Waals surface area (Å²) in [5.41, 5.74) is 13.8. The van der Waals surface area contributed by atoms with Gasteiger partial charge in [-0.1, -0.05) is 0 Å². The van der Waals surface area contributed by atoms with Crippen LogP contribution in [0.1, 0.15) is 5.56 Å². The van der Waals surface area contributed by atoms with Crippen LogP contribution in [0, 0.1) is 12.3 Å². The van der Waals surface area contributed by atoms with E-state index in [9.17, 15) is 0 Å². The van der Waals surface area contributed by atoms with Crippen LogP contribution in [-0.4, -0.2) is 29.7 Å². The predicted molar refractivity (Wildman–Crippen MR) is 81.5 cm³/mol. The van der Waals surface area contributed by atoms with Crippen molar-refractivity contribution < 1.29 is 0 Å². The lowest BCUT2D eigenvalue weighted by Gasteiger charge is -2.07. The maximum absolute atomic E-state index is 5.88. The molecule has 0 aliphatic rings. The van der Waals surface area contributed by atoms with Gasteiger partial charge in [0.05, 0.1) is 11.9 Å². The minimum absolute atomic E-state index is 0.250. The summed E-state index contributed by atoms with van der Waals surface area (Å²) < 4.78 is 1.48. The van der Waals surface area contributed by atoms with Crippen molar-refractivity contribution in [3.05, 3.63) is 36.5 Å². The molecule has 3 aromatic rings. The third-order valence-corrected chi connectivity index (χ3v) is 3.00. The van der Waals surface area contributed by atoms with Crippen molar-refractivity contribution in [2.75, 3.05) is 11.5 Å². The van der Waals surface area contributed by atoms with Gasteiger partial charge in [-0.3, -0.25) is 0 Å². The van der Waals surface area contributed by atoms with Gasteiger partial charge in [-0.2, -0.15) is 15.1 Å². The van der Waals surface area contributed by atoms with E-state index in [1.54, 1.807) is 24.7 Å². The molecular weight excluding hydrogens is 280 g/mol. The molecule has 3 rings (SSSR count). The second-order valence-electron chi connectivity index (χ2n) is 4.42. The van der Waals surface area contributed by atoms with Gasteiger partial charge >= 0.3 is 0 Å². The Kier molecular flexibility index (Phi) is 3.37. The summed E-state index contributed by atoms with van der Waals surface area (Å²) in [5.74, 6) is 3.25. The Labute approximate surface area is 126 Å². The maximum Gasteiger partial charge on any atom is 0.254 e. The zero-order chi connectivity index (χ0) is 15.5. The molecule has 0 bridgehead atoms. The van der Waals surface area contributed by atoms with E-state index in [4.69, 9.17) is 17.9 Å². The summed E-state index contributed by atoms with van der Waals surface area (Å²) in [4.78, 5) is 16.4. The molecule has 0 aromatic carbocycles. The van der Waals surface area contributed by atoms with Crippen LogP contribution in [0.2, 0.25) is 0 Å². The molecule has 0 fully saturated rings. The van der Waals surface area contributed by atoms with Crippen LogP contribution in [0.5, 0.6) is 0 Å². The summed E-state index contributed by atoms with van der Waals surface area (Å²) in [5, 5.41) is 4.20. The van der Waals surface area contributed by atoms with E-state index < -0.39 is 0 Å². The number of nitrogens with two attached hydrogens (primary N) is 2. The number of terminal acetylenes is 1. The summed E-state index contributed by atoms with van der Waals surface area (Å²) in [6, 6.07) is 1.78. The van der Waals surface area contributed by atoms with Gasteiger partial charge in [0.2, 0.25) is 0 Å². The van der Waals surface area contributed by atoms with E-state index in [2.05, 4.69) is 31.0 Å². The van der Waals surface area contributed by atoms with Crippen LogP contribution in [0.15, 0.2) is 31.0 Å². The monoisotopic (exact) mass is 292 g/mol. The molecule has 0 spiro atoms. The average Bonchev–Trinajstić information content (AvgIpc) is 3.01. The number of aromatic nitrogens is 6. The SMILES string of the molecule is C#CCc1c(N)nc(-n2cc(-c3ccncn3)cn2)nc1N. The van der Waals surface area contributed by atoms with E-state index in [0.29, 0.717) is 5.56 Å². The number of rotatable bonds is 3. The zero-order valence-corrected chi connectivity index (χ0v) is 11.5. The predicted octanol–water partition coefficient (Wildman–Crippen LogP) is 0.459. The highest BCUT2D eigenvalue weighted by Gasteiger charge is 2.12. The van der Waals surface area contributed by atoms with Gasteiger partial charge in [-0.25, -0.2) is 14.6 Å². The summed E-state index contributed by atoms with van der Waals surface area (Å²) in [6.45, 7) is 0. The number of hydrogen-bond donors (Lipinski definition) is 2. The fourth-order valence-corrected chi connectivity index (χ4v) is 1.92. The van der Waals surface area contributed by atoms with Crippen LogP contribution in [0.4, 0.5) is 11.6 Å². The molecule has 22 heavy (non-hydrogen) atoms. The van der Waals surface area contributed by atoms with Gasteiger partial charge in [-0.15, -0.1) is 12.3 Å². The first-order chi connectivity index (χ1) is 10.7. The zero-order valence-electron chi connectivity index (χ0n) is 11.5. The molecule has 8 nitrogen and oxygen atoms in total. The average molecular weight is 292 g/mol. The van der Waals surface area contributed by atoms with Crippen LogP contribution in [-0.2, 0) is 6.42 Å². The summed E-state index contributed by atoms with van der Waals surface area (Å²) >= 11 is 0. The van der Waals surface area contributed by atoms with E-state index in [1.807, 2.05) is 0 Å². The third kappa shape index (κ3) is 2.43. The molecule has 3 aromatic heterocycles. The standard InChI is InChI=1S/C14H12N8/c1-2-3-10-12(15)20-14(21-13(10)16)22-7-9(6-19-22)11-4-5-17-8-18-11/h1,4-8H,3H2,(H4,15,16,20,21). The molecule has 0 saturated carbocycles. The molecule has 4 N–H and O–H groups in total. The number of nitrogens with zero attached hydrogens (tertiary/aromatic N) is 6. The lowest BCUT2D eigenvalue weighted by molar-refractivity contribution is 0.809. The van der Waals surface area contributed by atoms with E-state index in [0.717, 1.165) is 11.3 Å². The fraction of sp³-hybridized carbons (Fsp3) is 0.0714. The molecule has 0 atom stereocenters. The second kappa shape index (κ2) is 5.49. The highest BCUT2D eigenvalue weighted by Crippen LogP contribution is 2.20.